The zero-order chi connectivity index (χ0) is 22.3. The summed E-state index contributed by atoms with van der Waals surface area (Å²) in [6, 6.07) is 16.1. The number of amides is 1. The number of carbonyl (C=O) groups excluding carboxylic acids is 1. The molecule has 7 nitrogen and oxygen atoms in total. The molecule has 0 saturated heterocycles. The van der Waals surface area contributed by atoms with Crippen LogP contribution >= 0.6 is 23.4 Å². The summed E-state index contributed by atoms with van der Waals surface area (Å²) in [6.07, 6.45) is 1.60. The first kappa shape index (κ1) is 21.8. The Morgan fingerprint density at radius 3 is 2.56 bits per heavy atom. The van der Waals surface area contributed by atoms with Gasteiger partial charge in [0.05, 0.1) is 5.75 Å². The molecule has 0 radical (unpaired) electrons. The molecule has 10 heteroatoms. The van der Waals surface area contributed by atoms with Crippen molar-refractivity contribution in [3.05, 3.63) is 83.3 Å². The molecule has 0 fully saturated rings. The summed E-state index contributed by atoms with van der Waals surface area (Å²) in [4.78, 5) is 16.3. The highest BCUT2D eigenvalue weighted by Crippen LogP contribution is 2.24. The Kier molecular flexibility index (Phi) is 6.98. The average Bonchev–Trinajstić information content (AvgIpc) is 3.28. The normalized spacial score (nSPS) is 10.7. The van der Waals surface area contributed by atoms with E-state index < -0.39 is 0 Å². The Morgan fingerprint density at radius 2 is 1.84 bits per heavy atom. The first-order chi connectivity index (χ1) is 15.5. The monoisotopic (exact) mass is 470 g/mol. The van der Waals surface area contributed by atoms with E-state index in [9.17, 15) is 9.18 Å². The van der Waals surface area contributed by atoms with Crippen LogP contribution in [-0.4, -0.2) is 26.8 Å². The number of ether oxygens (including phenoxy) is 1. The number of carbonyl (C=O) groups is 1. The topological polar surface area (TPSA) is 90.1 Å². The lowest BCUT2D eigenvalue weighted by Crippen LogP contribution is -2.24. The molecule has 4 aromatic rings. The first-order valence-corrected chi connectivity index (χ1v) is 10.8. The Bertz CT molecular complexity index is 1190. The fraction of sp³-hybridized carbons (Fsp3) is 0.0909. The van der Waals surface area contributed by atoms with E-state index in [1.807, 2.05) is 0 Å². The van der Waals surface area contributed by atoms with Crippen molar-refractivity contribution in [3.63, 3.8) is 0 Å². The van der Waals surface area contributed by atoms with Crippen molar-refractivity contribution in [1.29, 1.82) is 0 Å². The maximum Gasteiger partial charge on any atom is 0.277 e. The number of halogens is 2. The molecule has 32 heavy (non-hydrogen) atoms. The average molecular weight is 471 g/mol. The second-order valence-corrected chi connectivity index (χ2v) is 7.87. The Morgan fingerprint density at radius 1 is 1.06 bits per heavy atom. The third-order valence-corrected chi connectivity index (χ3v) is 5.22. The van der Waals surface area contributed by atoms with E-state index in [0.717, 1.165) is 22.9 Å². The van der Waals surface area contributed by atoms with Crippen molar-refractivity contribution in [3.8, 4) is 23.1 Å². The zero-order valence-corrected chi connectivity index (χ0v) is 18.1. The van der Waals surface area contributed by atoms with Crippen LogP contribution in [0.3, 0.4) is 0 Å². The summed E-state index contributed by atoms with van der Waals surface area (Å²) in [5.74, 6) is 0.816. The second-order valence-electron chi connectivity index (χ2n) is 6.51. The second kappa shape index (κ2) is 10.3. The van der Waals surface area contributed by atoms with Crippen LogP contribution in [0.15, 0.2) is 76.5 Å². The van der Waals surface area contributed by atoms with Gasteiger partial charge in [0.2, 0.25) is 17.7 Å². The summed E-state index contributed by atoms with van der Waals surface area (Å²) in [6.45, 7) is 0.309. The van der Waals surface area contributed by atoms with Gasteiger partial charge < -0.3 is 14.5 Å². The van der Waals surface area contributed by atoms with Gasteiger partial charge in [0.25, 0.3) is 5.22 Å². The molecule has 162 valence electrons. The highest BCUT2D eigenvalue weighted by molar-refractivity contribution is 7.99. The minimum absolute atomic E-state index is 0.126. The van der Waals surface area contributed by atoms with Gasteiger partial charge in [0.15, 0.2) is 0 Å². The molecular weight excluding hydrogens is 455 g/mol. The van der Waals surface area contributed by atoms with Gasteiger partial charge in [-0.25, -0.2) is 9.37 Å². The van der Waals surface area contributed by atoms with Crippen LogP contribution in [0.2, 0.25) is 5.02 Å². The molecule has 4 rings (SSSR count). The lowest BCUT2D eigenvalue weighted by Gasteiger charge is -2.07. The maximum absolute atomic E-state index is 12.9. The summed E-state index contributed by atoms with van der Waals surface area (Å²) in [5, 5.41) is 11.6. The zero-order valence-electron chi connectivity index (χ0n) is 16.5. The van der Waals surface area contributed by atoms with Crippen molar-refractivity contribution in [2.75, 3.05) is 5.75 Å². The van der Waals surface area contributed by atoms with Gasteiger partial charge in [0, 0.05) is 29.4 Å². The van der Waals surface area contributed by atoms with Crippen LogP contribution in [-0.2, 0) is 11.3 Å². The SMILES string of the molecule is O=C(CSc1nnc(-c2ccc(Cl)cc2)o1)NCc1ccc(Oc2ccc(F)cc2)nc1. The van der Waals surface area contributed by atoms with Crippen LogP contribution in [0.1, 0.15) is 5.56 Å². The number of hydrogen-bond donors (Lipinski definition) is 1. The van der Waals surface area contributed by atoms with Crippen molar-refractivity contribution < 1.29 is 18.3 Å². The van der Waals surface area contributed by atoms with E-state index in [1.54, 1.807) is 42.6 Å². The molecule has 2 heterocycles. The van der Waals surface area contributed by atoms with E-state index in [-0.39, 0.29) is 17.5 Å². The Labute approximate surface area is 192 Å². The highest BCUT2D eigenvalue weighted by Gasteiger charge is 2.11. The van der Waals surface area contributed by atoms with Gasteiger partial charge in [-0.15, -0.1) is 10.2 Å². The van der Waals surface area contributed by atoms with E-state index in [2.05, 4.69) is 20.5 Å². The van der Waals surface area contributed by atoms with Gasteiger partial charge in [-0.3, -0.25) is 4.79 Å². The summed E-state index contributed by atoms with van der Waals surface area (Å²) < 4.78 is 24.0. The standard InChI is InChI=1S/C22H16ClFN4O3S/c23-16-4-2-15(3-5-16)21-27-28-22(31-21)32-13-19(29)25-11-14-1-10-20(26-12-14)30-18-8-6-17(24)7-9-18/h1-10,12H,11,13H2,(H,25,29). The number of pyridine rings is 1. The molecule has 0 aliphatic rings. The smallest absolute Gasteiger partial charge is 0.277 e. The van der Waals surface area contributed by atoms with Crippen molar-refractivity contribution in [2.24, 2.45) is 0 Å². The van der Waals surface area contributed by atoms with Crippen LogP contribution in [0.5, 0.6) is 11.6 Å². The van der Waals surface area contributed by atoms with E-state index >= 15 is 0 Å². The molecule has 2 aromatic heterocycles. The molecule has 2 aromatic carbocycles. The number of rotatable bonds is 8. The summed E-state index contributed by atoms with van der Waals surface area (Å²) in [7, 11) is 0. The molecule has 0 aliphatic heterocycles. The van der Waals surface area contributed by atoms with Crippen LogP contribution in [0.25, 0.3) is 11.5 Å². The van der Waals surface area contributed by atoms with Gasteiger partial charge in [-0.05, 0) is 54.1 Å². The number of thioether (sulfide) groups is 1. The lowest BCUT2D eigenvalue weighted by molar-refractivity contribution is -0.118. The van der Waals surface area contributed by atoms with Crippen LogP contribution in [0, 0.1) is 5.82 Å². The lowest BCUT2D eigenvalue weighted by atomic mass is 10.2. The molecule has 0 atom stereocenters. The molecule has 0 bridgehead atoms. The highest BCUT2D eigenvalue weighted by atomic mass is 35.5. The number of aromatic nitrogens is 3. The summed E-state index contributed by atoms with van der Waals surface area (Å²) in [5.41, 5.74) is 1.55. The number of nitrogens with zero attached hydrogens (tertiary/aromatic N) is 3. The van der Waals surface area contributed by atoms with Crippen LogP contribution in [0.4, 0.5) is 4.39 Å². The number of nitrogens with one attached hydrogen (secondary N) is 1. The minimum atomic E-state index is -0.337. The number of benzene rings is 2. The minimum Gasteiger partial charge on any atom is -0.439 e. The quantitative estimate of drug-likeness (QED) is 0.357. The van der Waals surface area contributed by atoms with Gasteiger partial charge in [-0.2, -0.15) is 0 Å². The van der Waals surface area contributed by atoms with E-state index in [0.29, 0.717) is 34.3 Å². The fourth-order valence-corrected chi connectivity index (χ4v) is 3.27. The molecular formula is C22H16ClFN4O3S. The largest absolute Gasteiger partial charge is 0.439 e. The summed E-state index contributed by atoms with van der Waals surface area (Å²) >= 11 is 7.02. The van der Waals surface area contributed by atoms with Crippen LogP contribution < -0.4 is 10.1 Å². The van der Waals surface area contributed by atoms with Gasteiger partial charge >= 0.3 is 0 Å². The molecule has 0 spiro atoms. The predicted octanol–water partition coefficient (Wildman–Crippen LogP) is 5.12. The Balaban J connectivity index is 1.23. The molecule has 0 aliphatic carbocycles. The van der Waals surface area contributed by atoms with Crippen molar-refractivity contribution >= 4 is 29.3 Å². The number of hydrogen-bond acceptors (Lipinski definition) is 7. The fourth-order valence-electron chi connectivity index (χ4n) is 2.56. The molecule has 0 saturated carbocycles. The predicted molar refractivity (Wildman–Crippen MR) is 118 cm³/mol. The van der Waals surface area contributed by atoms with Gasteiger partial charge in [0.1, 0.15) is 11.6 Å². The maximum atomic E-state index is 12.9. The van der Waals surface area contributed by atoms with E-state index in [4.69, 9.17) is 20.8 Å². The van der Waals surface area contributed by atoms with Crippen molar-refractivity contribution in [1.82, 2.24) is 20.5 Å². The molecule has 0 unspecified atom stereocenters. The van der Waals surface area contributed by atoms with Gasteiger partial charge in [-0.1, -0.05) is 29.4 Å². The third-order valence-electron chi connectivity index (χ3n) is 4.15. The van der Waals surface area contributed by atoms with E-state index in [1.165, 1.54) is 24.3 Å². The first-order valence-electron chi connectivity index (χ1n) is 9.42. The van der Waals surface area contributed by atoms with Crippen molar-refractivity contribution in [2.45, 2.75) is 11.8 Å². The third kappa shape index (κ3) is 6.05. The molecule has 1 N–H and O–H groups in total. The molecule has 1 amide bonds. The Hall–Kier alpha value is -3.43.